The van der Waals surface area contributed by atoms with Gasteiger partial charge in [0.2, 0.25) is 0 Å². The minimum absolute atomic E-state index is 0.157. The van der Waals surface area contributed by atoms with Crippen LogP contribution >= 0.6 is 0 Å². The van der Waals surface area contributed by atoms with Gasteiger partial charge in [-0.1, -0.05) is 0 Å². The number of aromatic nitrogens is 1. The molecule has 3 rings (SSSR count). The van der Waals surface area contributed by atoms with Crippen molar-refractivity contribution < 1.29 is 5.11 Å². The minimum Gasteiger partial charge on any atom is -0.508 e. The number of nitrogens with zero attached hydrogens (tertiary/aromatic N) is 1. The van der Waals surface area contributed by atoms with Gasteiger partial charge in [-0.3, -0.25) is 0 Å². The molecule has 72 valence electrons. The summed E-state index contributed by atoms with van der Waals surface area (Å²) < 4.78 is 2.24. The Kier molecular flexibility index (Phi) is 1.42. The maximum absolute atomic E-state index is 9.35. The average Bonchev–Trinajstić information content (AvgIpc) is 2.66. The third-order valence-corrected chi connectivity index (χ3v) is 2.96. The lowest BCUT2D eigenvalue weighted by Crippen LogP contribution is -2.04. The molecule has 3 nitrogen and oxygen atoms in total. The van der Waals surface area contributed by atoms with Gasteiger partial charge in [0.05, 0.1) is 0 Å². The summed E-state index contributed by atoms with van der Waals surface area (Å²) in [5.74, 6) is 0.315. The molecule has 3 N–H and O–H groups in total. The van der Waals surface area contributed by atoms with Gasteiger partial charge < -0.3 is 15.4 Å². The van der Waals surface area contributed by atoms with E-state index in [1.807, 2.05) is 6.07 Å². The summed E-state index contributed by atoms with van der Waals surface area (Å²) >= 11 is 0. The summed E-state index contributed by atoms with van der Waals surface area (Å²) in [6.07, 6.45) is 1.02. The number of phenolic OH excluding ortho intramolecular Hbond substituents is 1. The van der Waals surface area contributed by atoms with Crippen LogP contribution in [0.15, 0.2) is 24.3 Å². The Morgan fingerprint density at radius 3 is 3.07 bits per heavy atom. The molecule has 2 heterocycles. The lowest BCUT2D eigenvalue weighted by molar-refractivity contribution is 0.476. The number of aromatic hydroxyl groups is 1. The van der Waals surface area contributed by atoms with E-state index in [0.717, 1.165) is 18.4 Å². The summed E-state index contributed by atoms with van der Waals surface area (Å²) in [7, 11) is 0. The van der Waals surface area contributed by atoms with Crippen LogP contribution in [0.2, 0.25) is 0 Å². The number of hydrogen-bond donors (Lipinski definition) is 2. The minimum atomic E-state index is 0.157. The summed E-state index contributed by atoms with van der Waals surface area (Å²) in [6.45, 7) is 0.991. The van der Waals surface area contributed by atoms with Crippen molar-refractivity contribution in [1.29, 1.82) is 0 Å². The van der Waals surface area contributed by atoms with Crippen molar-refractivity contribution in [3.8, 4) is 5.75 Å². The van der Waals surface area contributed by atoms with Crippen LogP contribution in [0.25, 0.3) is 10.9 Å². The molecule has 14 heavy (non-hydrogen) atoms. The van der Waals surface area contributed by atoms with Crippen LogP contribution in [-0.2, 0) is 6.54 Å². The summed E-state index contributed by atoms with van der Waals surface area (Å²) in [6, 6.07) is 7.69. The van der Waals surface area contributed by atoms with E-state index in [0.29, 0.717) is 5.75 Å². The number of benzene rings is 1. The van der Waals surface area contributed by atoms with Gasteiger partial charge in [0.15, 0.2) is 0 Å². The average molecular weight is 188 g/mol. The second-order valence-electron chi connectivity index (χ2n) is 3.86. The lowest BCUT2D eigenvalue weighted by atomic mass is 10.2. The molecule has 0 saturated carbocycles. The Morgan fingerprint density at radius 1 is 1.36 bits per heavy atom. The molecular weight excluding hydrogens is 176 g/mol. The molecular formula is C11H12N2O. The first-order valence-corrected chi connectivity index (χ1v) is 4.83. The van der Waals surface area contributed by atoms with E-state index in [4.69, 9.17) is 5.73 Å². The maximum Gasteiger partial charge on any atom is 0.116 e. The van der Waals surface area contributed by atoms with Crippen molar-refractivity contribution in [1.82, 2.24) is 4.57 Å². The first kappa shape index (κ1) is 7.88. The molecule has 0 amide bonds. The van der Waals surface area contributed by atoms with Gasteiger partial charge in [0.1, 0.15) is 5.75 Å². The van der Waals surface area contributed by atoms with Gasteiger partial charge in [0, 0.05) is 29.2 Å². The number of phenols is 1. The van der Waals surface area contributed by atoms with Gasteiger partial charge in [-0.05, 0) is 30.7 Å². The predicted octanol–water partition coefficient (Wildman–Crippen LogP) is 1.75. The monoisotopic (exact) mass is 188 g/mol. The molecule has 0 aliphatic carbocycles. The van der Waals surface area contributed by atoms with Crippen LogP contribution in [0.4, 0.5) is 0 Å². The zero-order chi connectivity index (χ0) is 9.71. The zero-order valence-electron chi connectivity index (χ0n) is 7.77. The molecule has 0 saturated heterocycles. The van der Waals surface area contributed by atoms with Crippen molar-refractivity contribution in [3.63, 3.8) is 0 Å². The van der Waals surface area contributed by atoms with Crippen LogP contribution in [0.5, 0.6) is 5.75 Å². The van der Waals surface area contributed by atoms with E-state index < -0.39 is 0 Å². The normalized spacial score (nSPS) is 20.2. The van der Waals surface area contributed by atoms with E-state index in [1.165, 1.54) is 11.2 Å². The van der Waals surface area contributed by atoms with E-state index in [2.05, 4.69) is 10.6 Å². The molecule has 1 aliphatic rings. The van der Waals surface area contributed by atoms with Crippen molar-refractivity contribution in [2.24, 2.45) is 5.73 Å². The van der Waals surface area contributed by atoms with Crippen molar-refractivity contribution in [2.75, 3.05) is 0 Å². The molecule has 1 aromatic heterocycles. The largest absolute Gasteiger partial charge is 0.508 e. The third kappa shape index (κ3) is 0.902. The van der Waals surface area contributed by atoms with E-state index in [9.17, 15) is 5.11 Å². The fourth-order valence-corrected chi connectivity index (χ4v) is 2.25. The van der Waals surface area contributed by atoms with Crippen LogP contribution in [0, 0.1) is 0 Å². The molecule has 0 radical (unpaired) electrons. The lowest BCUT2D eigenvalue weighted by Gasteiger charge is -1.99. The van der Waals surface area contributed by atoms with Crippen LogP contribution in [0.3, 0.4) is 0 Å². The number of nitrogens with two attached hydrogens (primary N) is 1. The topological polar surface area (TPSA) is 51.2 Å². The fraction of sp³-hybridized carbons (Fsp3) is 0.273. The number of aryl methyl sites for hydroxylation is 1. The Bertz CT molecular complexity index is 501. The highest BCUT2D eigenvalue weighted by Crippen LogP contribution is 2.32. The molecule has 1 aliphatic heterocycles. The smallest absolute Gasteiger partial charge is 0.116 e. The summed E-state index contributed by atoms with van der Waals surface area (Å²) in [4.78, 5) is 0. The standard InChI is InChI=1S/C11H12N2O/c12-9-3-4-13-10-2-1-8(14)5-7(10)6-11(9)13/h1-2,5-6,9,14H,3-4,12H2. The molecule has 0 fully saturated rings. The van der Waals surface area contributed by atoms with Crippen molar-refractivity contribution in [2.45, 2.75) is 19.0 Å². The van der Waals surface area contributed by atoms with Crippen LogP contribution in [-0.4, -0.2) is 9.67 Å². The van der Waals surface area contributed by atoms with Crippen LogP contribution in [0.1, 0.15) is 18.2 Å². The molecule has 0 spiro atoms. The van der Waals surface area contributed by atoms with Crippen molar-refractivity contribution in [3.05, 3.63) is 30.0 Å². The van der Waals surface area contributed by atoms with E-state index >= 15 is 0 Å². The quantitative estimate of drug-likeness (QED) is 0.661. The molecule has 2 aromatic rings. The van der Waals surface area contributed by atoms with Gasteiger partial charge in [-0.25, -0.2) is 0 Å². The predicted molar refractivity (Wildman–Crippen MR) is 55.1 cm³/mol. The number of hydrogen-bond acceptors (Lipinski definition) is 2. The first-order chi connectivity index (χ1) is 6.75. The first-order valence-electron chi connectivity index (χ1n) is 4.83. The second-order valence-corrected chi connectivity index (χ2v) is 3.86. The highest BCUT2D eigenvalue weighted by molar-refractivity contribution is 5.83. The van der Waals surface area contributed by atoms with E-state index in [1.54, 1.807) is 12.1 Å². The van der Waals surface area contributed by atoms with Crippen molar-refractivity contribution >= 4 is 10.9 Å². The van der Waals surface area contributed by atoms with Gasteiger partial charge in [-0.2, -0.15) is 0 Å². The highest BCUT2D eigenvalue weighted by atomic mass is 16.3. The Morgan fingerprint density at radius 2 is 2.21 bits per heavy atom. The Hall–Kier alpha value is -1.48. The van der Waals surface area contributed by atoms with E-state index in [-0.39, 0.29) is 6.04 Å². The highest BCUT2D eigenvalue weighted by Gasteiger charge is 2.21. The zero-order valence-corrected chi connectivity index (χ0v) is 7.77. The van der Waals surface area contributed by atoms with Gasteiger partial charge in [0.25, 0.3) is 0 Å². The van der Waals surface area contributed by atoms with Gasteiger partial charge >= 0.3 is 0 Å². The fourth-order valence-electron chi connectivity index (χ4n) is 2.25. The molecule has 1 unspecified atom stereocenters. The molecule has 0 bridgehead atoms. The number of rotatable bonds is 0. The SMILES string of the molecule is NC1CCn2c1cc1cc(O)ccc12. The molecule has 1 aromatic carbocycles. The number of fused-ring (bicyclic) bond motifs is 3. The molecule has 3 heteroatoms. The Balaban J connectivity index is 2.34. The summed E-state index contributed by atoms with van der Waals surface area (Å²) in [5.41, 5.74) is 8.32. The maximum atomic E-state index is 9.35. The molecule has 1 atom stereocenters. The summed E-state index contributed by atoms with van der Waals surface area (Å²) in [5, 5.41) is 10.4. The Labute approximate surface area is 81.8 Å². The van der Waals surface area contributed by atoms with Gasteiger partial charge in [-0.15, -0.1) is 0 Å². The van der Waals surface area contributed by atoms with Crippen LogP contribution < -0.4 is 5.73 Å². The second kappa shape index (κ2) is 2.51. The third-order valence-electron chi connectivity index (χ3n) is 2.96.